The van der Waals surface area contributed by atoms with Crippen LogP contribution in [0.4, 0.5) is 0 Å². The van der Waals surface area contributed by atoms with Gasteiger partial charge in [-0.15, -0.1) is 0 Å². The molecule has 0 saturated heterocycles. The molecule has 0 radical (unpaired) electrons. The Morgan fingerprint density at radius 1 is 0.943 bits per heavy atom. The van der Waals surface area contributed by atoms with Crippen molar-refractivity contribution in [2.24, 2.45) is 5.41 Å². The second-order valence-electron chi connectivity index (χ2n) is 8.90. The van der Waals surface area contributed by atoms with Crippen LogP contribution >= 0.6 is 0 Å². The maximum absolute atomic E-state index is 13.3. The van der Waals surface area contributed by atoms with Crippen LogP contribution in [0.25, 0.3) is 22.2 Å². The fourth-order valence-corrected chi connectivity index (χ4v) is 3.77. The molecule has 0 atom stereocenters. The van der Waals surface area contributed by atoms with E-state index >= 15 is 0 Å². The lowest BCUT2D eigenvalue weighted by Gasteiger charge is -2.20. The number of para-hydroxylation sites is 1. The maximum Gasteiger partial charge on any atom is 0.338 e. The predicted octanol–water partition coefficient (Wildman–Crippen LogP) is 5.08. The summed E-state index contributed by atoms with van der Waals surface area (Å²) >= 11 is 0. The van der Waals surface area contributed by atoms with Crippen molar-refractivity contribution in [3.05, 3.63) is 77.0 Å². The fraction of sp³-hybridized carbons (Fsp3) is 0.286. The Balaban J connectivity index is 1.50. The number of allylic oxidation sites excluding steroid dienone is 1. The van der Waals surface area contributed by atoms with E-state index < -0.39 is 11.4 Å². The molecule has 1 aliphatic carbocycles. The first-order valence-electron chi connectivity index (χ1n) is 11.4. The highest BCUT2D eigenvalue weighted by atomic mass is 16.6. The zero-order chi connectivity index (χ0) is 25.2. The summed E-state index contributed by atoms with van der Waals surface area (Å²) in [6, 6.07) is 16.1. The van der Waals surface area contributed by atoms with Crippen molar-refractivity contribution in [1.82, 2.24) is 4.98 Å². The van der Waals surface area contributed by atoms with Gasteiger partial charge in [0.1, 0.15) is 19.0 Å². The molecule has 0 amide bonds. The minimum Gasteiger partial charge on any atom is -0.495 e. The number of nitrogens with zero attached hydrogens (tertiary/aromatic N) is 1. The molecule has 0 fully saturated rings. The number of rotatable bonds is 8. The monoisotopic (exact) mass is 473 g/mol. The molecular weight excluding hydrogens is 446 g/mol. The van der Waals surface area contributed by atoms with Gasteiger partial charge >= 0.3 is 11.9 Å². The van der Waals surface area contributed by atoms with Crippen LogP contribution in [0.15, 0.2) is 54.6 Å². The largest absolute Gasteiger partial charge is 0.495 e. The minimum absolute atomic E-state index is 0.0367. The lowest BCUT2D eigenvalue weighted by molar-refractivity contribution is -0.155. The Kier molecular flexibility index (Phi) is 6.69. The molecule has 35 heavy (non-hydrogen) atoms. The Bertz CT molecular complexity index is 1350. The summed E-state index contributed by atoms with van der Waals surface area (Å²) in [7, 11) is 1.50. The van der Waals surface area contributed by atoms with E-state index in [0.717, 1.165) is 10.9 Å². The molecule has 1 aliphatic rings. The molecule has 180 valence electrons. The third-order valence-corrected chi connectivity index (χ3v) is 6.24. The summed E-state index contributed by atoms with van der Waals surface area (Å²) in [5.41, 5.74) is 2.19. The van der Waals surface area contributed by atoms with Gasteiger partial charge in [0.25, 0.3) is 0 Å². The minimum atomic E-state index is -0.609. The number of hydrogen-bond acceptors (Lipinski definition) is 7. The Morgan fingerprint density at radius 2 is 1.69 bits per heavy atom. The smallest absolute Gasteiger partial charge is 0.338 e. The average Bonchev–Trinajstić information content (AvgIpc) is 3.16. The average molecular weight is 474 g/mol. The van der Waals surface area contributed by atoms with Gasteiger partial charge < -0.3 is 14.2 Å². The van der Waals surface area contributed by atoms with Crippen LogP contribution in [0.2, 0.25) is 0 Å². The summed E-state index contributed by atoms with van der Waals surface area (Å²) in [6.07, 6.45) is 0.642. The molecule has 4 rings (SSSR count). The fourth-order valence-electron chi connectivity index (χ4n) is 3.77. The zero-order valence-corrected chi connectivity index (χ0v) is 20.2. The van der Waals surface area contributed by atoms with Crippen molar-refractivity contribution in [2.75, 3.05) is 20.3 Å². The number of Topliss-reactive ketones (excluding diaryl/α,β-unsaturated/α-hetero) is 1. The van der Waals surface area contributed by atoms with Gasteiger partial charge in [-0.1, -0.05) is 31.2 Å². The third kappa shape index (κ3) is 4.67. The topological polar surface area (TPSA) is 91.8 Å². The Morgan fingerprint density at radius 3 is 2.43 bits per heavy atom. The summed E-state index contributed by atoms with van der Waals surface area (Å²) in [4.78, 5) is 42.6. The molecule has 7 heteroatoms. The summed E-state index contributed by atoms with van der Waals surface area (Å²) in [5.74, 6) is -0.807. The highest BCUT2D eigenvalue weighted by Crippen LogP contribution is 2.39. The molecule has 3 aromatic rings. The first kappa shape index (κ1) is 24.1. The highest BCUT2D eigenvalue weighted by molar-refractivity contribution is 6.39. The van der Waals surface area contributed by atoms with E-state index in [-0.39, 0.29) is 30.5 Å². The van der Waals surface area contributed by atoms with E-state index in [9.17, 15) is 14.4 Å². The normalized spacial score (nSPS) is 13.1. The number of carbonyl (C=O) groups is 3. The van der Waals surface area contributed by atoms with Crippen molar-refractivity contribution < 1.29 is 28.6 Å². The quantitative estimate of drug-likeness (QED) is 0.333. The second kappa shape index (κ2) is 9.70. The summed E-state index contributed by atoms with van der Waals surface area (Å²) < 4.78 is 16.0. The number of fused-ring (bicyclic) bond motifs is 2. The number of carbonyl (C=O) groups excluding carboxylic acids is 3. The van der Waals surface area contributed by atoms with Crippen molar-refractivity contribution in [1.29, 1.82) is 0 Å². The SMILES string of the molecule is CCC(C)(C)C(=O)OCCOC(=O)c1ccc2c(c1)C(=O)C(c1ccc3ccccc3n1)=C2OC. The summed E-state index contributed by atoms with van der Waals surface area (Å²) in [5, 5.41) is 0.966. The van der Waals surface area contributed by atoms with E-state index in [1.807, 2.05) is 37.3 Å². The third-order valence-electron chi connectivity index (χ3n) is 6.24. The molecule has 2 aromatic carbocycles. The molecule has 0 bridgehead atoms. The number of pyridine rings is 1. The van der Waals surface area contributed by atoms with Crippen molar-refractivity contribution in [3.63, 3.8) is 0 Å². The van der Waals surface area contributed by atoms with Crippen molar-refractivity contribution in [3.8, 4) is 0 Å². The second-order valence-corrected chi connectivity index (χ2v) is 8.90. The van der Waals surface area contributed by atoms with Gasteiger partial charge in [-0.05, 0) is 50.6 Å². The zero-order valence-electron chi connectivity index (χ0n) is 20.2. The van der Waals surface area contributed by atoms with Crippen LogP contribution in [0.3, 0.4) is 0 Å². The van der Waals surface area contributed by atoms with E-state index in [2.05, 4.69) is 4.98 Å². The van der Waals surface area contributed by atoms with E-state index in [4.69, 9.17) is 14.2 Å². The molecule has 0 N–H and O–H groups in total. The van der Waals surface area contributed by atoms with Crippen LogP contribution < -0.4 is 0 Å². The van der Waals surface area contributed by atoms with Gasteiger partial charge in [0.15, 0.2) is 5.78 Å². The van der Waals surface area contributed by atoms with Crippen LogP contribution in [-0.4, -0.2) is 43.0 Å². The first-order chi connectivity index (χ1) is 16.8. The van der Waals surface area contributed by atoms with Crippen LogP contribution in [-0.2, 0) is 19.0 Å². The standard InChI is InChI=1S/C28H27NO6/c1-5-28(2,3)27(32)35-15-14-34-26(31)18-10-12-19-20(16-18)24(30)23(25(19)33-4)22-13-11-17-8-6-7-9-21(17)29-22/h6-13,16H,5,14-15H2,1-4H3. The molecule has 0 aliphatic heterocycles. The number of benzene rings is 2. The van der Waals surface area contributed by atoms with Crippen LogP contribution in [0.1, 0.15) is 59.2 Å². The van der Waals surface area contributed by atoms with Gasteiger partial charge in [0.05, 0.1) is 34.9 Å². The Labute approximate surface area is 203 Å². The first-order valence-corrected chi connectivity index (χ1v) is 11.4. The van der Waals surface area contributed by atoms with Gasteiger partial charge in [-0.2, -0.15) is 0 Å². The van der Waals surface area contributed by atoms with E-state index in [1.165, 1.54) is 13.2 Å². The van der Waals surface area contributed by atoms with Gasteiger partial charge in [-0.25, -0.2) is 9.78 Å². The summed E-state index contributed by atoms with van der Waals surface area (Å²) in [6.45, 7) is 5.38. The Hall–Kier alpha value is -4.00. The molecule has 0 saturated carbocycles. The molecule has 1 aromatic heterocycles. The predicted molar refractivity (Wildman–Crippen MR) is 132 cm³/mol. The van der Waals surface area contributed by atoms with Crippen LogP contribution in [0.5, 0.6) is 0 Å². The lowest BCUT2D eigenvalue weighted by Crippen LogP contribution is -2.27. The molecule has 0 unspecified atom stereocenters. The number of methoxy groups -OCH3 is 1. The van der Waals surface area contributed by atoms with Gasteiger partial charge in [0.2, 0.25) is 0 Å². The number of ether oxygens (including phenoxy) is 3. The number of ketones is 1. The molecule has 1 heterocycles. The molecule has 0 spiro atoms. The van der Waals surface area contributed by atoms with Gasteiger partial charge in [0, 0.05) is 16.5 Å². The molecule has 7 nitrogen and oxygen atoms in total. The lowest BCUT2D eigenvalue weighted by atomic mass is 9.91. The van der Waals surface area contributed by atoms with E-state index in [0.29, 0.717) is 34.6 Å². The van der Waals surface area contributed by atoms with Crippen LogP contribution in [0, 0.1) is 5.41 Å². The number of aromatic nitrogens is 1. The number of esters is 2. The highest BCUT2D eigenvalue weighted by Gasteiger charge is 2.33. The maximum atomic E-state index is 13.3. The van der Waals surface area contributed by atoms with Gasteiger partial charge in [-0.3, -0.25) is 9.59 Å². The molecular formula is C28H27NO6. The van der Waals surface area contributed by atoms with Crippen molar-refractivity contribution in [2.45, 2.75) is 27.2 Å². The van der Waals surface area contributed by atoms with Crippen molar-refractivity contribution >= 4 is 40.0 Å². The number of hydrogen-bond donors (Lipinski definition) is 0. The van der Waals surface area contributed by atoms with E-state index in [1.54, 1.807) is 32.0 Å².